The lowest BCUT2D eigenvalue weighted by molar-refractivity contribution is -0.137. The first-order valence-electron chi connectivity index (χ1n) is 15.2. The summed E-state index contributed by atoms with van der Waals surface area (Å²) in [5, 5.41) is 23.7. The number of carbonyl (C=O) groups is 8. The van der Waals surface area contributed by atoms with Crippen molar-refractivity contribution in [2.45, 2.75) is 64.6 Å². The van der Waals surface area contributed by atoms with Gasteiger partial charge in [-0.15, -0.1) is 0 Å². The molecule has 18 nitrogen and oxygen atoms in total. The molecule has 0 bridgehead atoms. The van der Waals surface area contributed by atoms with Gasteiger partial charge in [0.05, 0.1) is 6.54 Å². The van der Waals surface area contributed by atoms with Crippen LogP contribution >= 0.6 is 0 Å². The minimum Gasteiger partial charge on any atom is -0.481 e. The number of nitrogens with zero attached hydrogens (tertiary/aromatic N) is 1. The maximum atomic E-state index is 13.0. The number of aliphatic carboxylic acids is 1. The third-order valence-electron chi connectivity index (χ3n) is 6.65. The predicted molar refractivity (Wildman–Crippen MR) is 172 cm³/mol. The molecule has 0 spiro atoms. The highest BCUT2D eigenvalue weighted by Gasteiger charge is 2.25. The predicted octanol–water partition coefficient (Wildman–Crippen LogP) is -0.615. The zero-order valence-corrected chi connectivity index (χ0v) is 27.6. The van der Waals surface area contributed by atoms with E-state index in [1.54, 1.807) is 38.1 Å². The highest BCUT2D eigenvalue weighted by atomic mass is 16.6. The van der Waals surface area contributed by atoms with E-state index in [1.807, 2.05) is 0 Å². The highest BCUT2D eigenvalue weighted by Crippen LogP contribution is 2.12. The van der Waals surface area contributed by atoms with Gasteiger partial charge in [0.15, 0.2) is 0 Å². The van der Waals surface area contributed by atoms with Crippen molar-refractivity contribution in [3.63, 3.8) is 0 Å². The average Bonchev–Trinajstić information content (AvgIpc) is 3.02. The molecule has 48 heavy (non-hydrogen) atoms. The van der Waals surface area contributed by atoms with Crippen LogP contribution in [0.3, 0.4) is 0 Å². The van der Waals surface area contributed by atoms with Gasteiger partial charge in [-0.25, -0.2) is 9.59 Å². The number of hydrogen-bond acceptors (Lipinski definition) is 9. The molecule has 0 aromatic heterocycles. The first kappa shape index (κ1) is 40.6. The van der Waals surface area contributed by atoms with Gasteiger partial charge >= 0.3 is 18.1 Å². The second-order valence-corrected chi connectivity index (χ2v) is 11.1. The Morgan fingerprint density at radius 3 is 2.12 bits per heavy atom. The van der Waals surface area contributed by atoms with Gasteiger partial charge in [0.2, 0.25) is 29.5 Å². The molecule has 1 rings (SSSR count). The van der Waals surface area contributed by atoms with Crippen LogP contribution in [0.25, 0.3) is 0 Å². The molecule has 0 aliphatic rings. The molecule has 0 unspecified atom stereocenters. The number of ether oxygens (including phenoxy) is 1. The van der Waals surface area contributed by atoms with Gasteiger partial charge < -0.3 is 52.4 Å². The Morgan fingerprint density at radius 2 is 1.54 bits per heavy atom. The highest BCUT2D eigenvalue weighted by molar-refractivity contribution is 5.97. The second kappa shape index (κ2) is 21.4. The summed E-state index contributed by atoms with van der Waals surface area (Å²) in [6, 6.07) is 3.74. The fourth-order valence-electron chi connectivity index (χ4n) is 4.06. The largest absolute Gasteiger partial charge is 0.481 e. The SMILES string of the molecule is CNC(=O)[C@@H](NC(=O)CN(C)C(=O)OCc1ccc(NC(=O)[C@H](CCCNC(N)=O)NC(=O)CNC(=O)CCCC(=O)O)cc1)C(C)C. The molecule has 18 heteroatoms. The van der Waals surface area contributed by atoms with E-state index in [9.17, 15) is 38.4 Å². The van der Waals surface area contributed by atoms with Crippen LogP contribution in [0.1, 0.15) is 51.5 Å². The van der Waals surface area contributed by atoms with Gasteiger partial charge in [-0.2, -0.15) is 0 Å². The summed E-state index contributed by atoms with van der Waals surface area (Å²) in [6.45, 7) is 2.80. The lowest BCUT2D eigenvalue weighted by Crippen LogP contribution is -2.51. The van der Waals surface area contributed by atoms with Crippen LogP contribution < -0.4 is 37.6 Å². The van der Waals surface area contributed by atoms with Gasteiger partial charge in [-0.1, -0.05) is 26.0 Å². The molecule has 0 fully saturated rings. The van der Waals surface area contributed by atoms with Crippen molar-refractivity contribution in [2.75, 3.05) is 39.0 Å². The van der Waals surface area contributed by atoms with Crippen LogP contribution in [-0.4, -0.2) is 103 Å². The number of rotatable bonds is 20. The number of nitrogens with one attached hydrogen (secondary N) is 6. The van der Waals surface area contributed by atoms with E-state index < -0.39 is 60.4 Å². The fourth-order valence-corrected chi connectivity index (χ4v) is 4.06. The number of amides is 8. The van der Waals surface area contributed by atoms with Crippen LogP contribution in [0.15, 0.2) is 24.3 Å². The molecule has 0 heterocycles. The quantitative estimate of drug-likeness (QED) is 0.0810. The Morgan fingerprint density at radius 1 is 0.875 bits per heavy atom. The van der Waals surface area contributed by atoms with Gasteiger partial charge in [0, 0.05) is 39.2 Å². The Balaban J connectivity index is 2.69. The normalized spacial score (nSPS) is 11.7. The number of carbonyl (C=O) groups excluding carboxylic acids is 7. The Labute approximate surface area is 278 Å². The Bertz CT molecular complexity index is 1290. The molecule has 1 aromatic carbocycles. The van der Waals surface area contributed by atoms with Gasteiger partial charge in [0.25, 0.3) is 0 Å². The number of benzene rings is 1. The van der Waals surface area contributed by atoms with Crippen molar-refractivity contribution in [2.24, 2.45) is 11.7 Å². The monoisotopic (exact) mass is 678 g/mol. The molecule has 0 aliphatic carbocycles. The van der Waals surface area contributed by atoms with Crippen molar-refractivity contribution in [1.82, 2.24) is 31.5 Å². The average molecular weight is 679 g/mol. The first-order chi connectivity index (χ1) is 22.6. The Kier molecular flexibility index (Phi) is 18.1. The van der Waals surface area contributed by atoms with Crippen molar-refractivity contribution in [3.8, 4) is 0 Å². The lowest BCUT2D eigenvalue weighted by Gasteiger charge is -2.22. The molecule has 0 saturated carbocycles. The van der Waals surface area contributed by atoms with E-state index in [-0.39, 0.29) is 63.6 Å². The molecule has 0 aliphatic heterocycles. The summed E-state index contributed by atoms with van der Waals surface area (Å²) in [6.07, 6.45) is -0.525. The second-order valence-electron chi connectivity index (χ2n) is 11.1. The van der Waals surface area contributed by atoms with Crippen molar-refractivity contribution < 1.29 is 48.2 Å². The summed E-state index contributed by atoms with van der Waals surface area (Å²) in [5.74, 6) is -3.85. The van der Waals surface area contributed by atoms with E-state index in [1.165, 1.54) is 14.1 Å². The number of primary amides is 1. The zero-order valence-electron chi connectivity index (χ0n) is 27.6. The molecule has 266 valence electrons. The van der Waals surface area contributed by atoms with E-state index in [0.717, 1.165) is 4.90 Å². The van der Waals surface area contributed by atoms with E-state index >= 15 is 0 Å². The fraction of sp³-hybridized carbons (Fsp3) is 0.533. The van der Waals surface area contributed by atoms with Crippen molar-refractivity contribution in [1.29, 1.82) is 0 Å². The molecular weight excluding hydrogens is 632 g/mol. The van der Waals surface area contributed by atoms with Crippen molar-refractivity contribution in [3.05, 3.63) is 29.8 Å². The first-order valence-corrected chi connectivity index (χ1v) is 15.2. The van der Waals surface area contributed by atoms with E-state index in [4.69, 9.17) is 15.6 Å². The van der Waals surface area contributed by atoms with Gasteiger partial charge in [-0.3, -0.25) is 28.8 Å². The van der Waals surface area contributed by atoms with Crippen LogP contribution in [-0.2, 0) is 40.1 Å². The molecule has 1 aromatic rings. The van der Waals surface area contributed by atoms with Gasteiger partial charge in [-0.05, 0) is 42.9 Å². The summed E-state index contributed by atoms with van der Waals surface area (Å²) < 4.78 is 5.26. The molecule has 9 N–H and O–H groups in total. The minimum absolute atomic E-state index is 0.0788. The van der Waals surface area contributed by atoms with Crippen LogP contribution in [0.2, 0.25) is 0 Å². The third kappa shape index (κ3) is 16.8. The molecular formula is C30H46N8O10. The summed E-state index contributed by atoms with van der Waals surface area (Å²) in [7, 11) is 2.84. The maximum absolute atomic E-state index is 13.0. The van der Waals surface area contributed by atoms with Crippen LogP contribution in [0, 0.1) is 5.92 Å². The standard InChI is InChI=1S/C30H46N8O10/c1-18(2)26(28(45)32-3)37-24(41)16-38(4)30(47)48-17-19-10-12-20(13-11-19)35-27(44)21(7-6-14-33-29(31)46)36-23(40)15-34-22(39)8-5-9-25(42)43/h10-13,18,21,26H,5-9,14-17H2,1-4H3,(H,32,45)(H,34,39)(H,35,44)(H,36,40)(H,37,41)(H,42,43)(H3,31,33,46)/t21-,26-/m0/s1. The number of anilines is 1. The number of hydrogen-bond donors (Lipinski definition) is 8. The van der Waals surface area contributed by atoms with Crippen molar-refractivity contribution >= 4 is 53.3 Å². The number of likely N-dealkylation sites (N-methyl/N-ethyl adjacent to an activating group) is 2. The summed E-state index contributed by atoms with van der Waals surface area (Å²) >= 11 is 0. The lowest BCUT2D eigenvalue weighted by atomic mass is 10.0. The molecule has 0 radical (unpaired) electrons. The minimum atomic E-state index is -1.04. The summed E-state index contributed by atoms with van der Waals surface area (Å²) in [4.78, 5) is 96.7. The number of urea groups is 1. The van der Waals surface area contributed by atoms with E-state index in [0.29, 0.717) is 11.3 Å². The number of nitrogens with two attached hydrogens (primary N) is 1. The zero-order chi connectivity index (χ0) is 36.2. The Hall–Kier alpha value is -5.42. The maximum Gasteiger partial charge on any atom is 0.410 e. The van der Waals surface area contributed by atoms with Gasteiger partial charge in [0.1, 0.15) is 25.2 Å². The third-order valence-corrected chi connectivity index (χ3v) is 6.65. The number of carboxylic acids is 1. The topological polar surface area (TPSA) is 267 Å². The number of carboxylic acid groups (broad SMARTS) is 1. The smallest absolute Gasteiger partial charge is 0.410 e. The summed E-state index contributed by atoms with van der Waals surface area (Å²) in [5.41, 5.74) is 5.99. The van der Waals surface area contributed by atoms with Crippen LogP contribution in [0.5, 0.6) is 0 Å². The molecule has 2 atom stereocenters. The molecule has 8 amide bonds. The van der Waals surface area contributed by atoms with E-state index in [2.05, 4.69) is 31.9 Å². The van der Waals surface area contributed by atoms with Crippen LogP contribution in [0.4, 0.5) is 15.3 Å². The molecule has 0 saturated heterocycles.